The summed E-state index contributed by atoms with van der Waals surface area (Å²) in [4.78, 5) is 22.6. The molecule has 2 aromatic rings. The van der Waals surface area contributed by atoms with Gasteiger partial charge in [-0.15, -0.1) is 0 Å². The molecule has 21 heavy (non-hydrogen) atoms. The largest absolute Gasteiger partial charge is 0.509 e. The van der Waals surface area contributed by atoms with Crippen LogP contribution in [0.5, 0.6) is 0 Å². The number of nitrogens with two attached hydrogens (primary N) is 1. The number of aromatic amines is 1. The average Bonchev–Trinajstić information content (AvgIpc) is 3.12. The maximum absolute atomic E-state index is 11.4. The molecule has 0 bridgehead atoms. The van der Waals surface area contributed by atoms with E-state index in [1.165, 1.54) is 6.33 Å². The molecule has 2 aliphatic rings. The number of aliphatic hydroxyl groups excluding tert-OH is 1. The summed E-state index contributed by atoms with van der Waals surface area (Å²) in [5, 5.41) is 9.47. The molecular weight excluding hydrogens is 276 g/mol. The first-order valence-electron chi connectivity index (χ1n) is 6.74. The second-order valence-electron chi connectivity index (χ2n) is 5.43. The van der Waals surface area contributed by atoms with Gasteiger partial charge in [-0.25, -0.2) is 14.8 Å². The Bertz CT molecular complexity index is 715. The van der Waals surface area contributed by atoms with E-state index in [-0.39, 0.29) is 18.4 Å². The van der Waals surface area contributed by atoms with E-state index in [1.807, 2.05) is 6.20 Å². The maximum Gasteiger partial charge on any atom is 0.509 e. The molecule has 0 amide bonds. The summed E-state index contributed by atoms with van der Waals surface area (Å²) in [5.41, 5.74) is 8.11. The molecule has 0 spiro atoms. The van der Waals surface area contributed by atoms with Crippen LogP contribution in [0.1, 0.15) is 17.9 Å². The Labute approximate surface area is 119 Å². The van der Waals surface area contributed by atoms with Crippen LogP contribution in [-0.2, 0) is 9.47 Å². The van der Waals surface area contributed by atoms with Gasteiger partial charge in [0, 0.05) is 30.2 Å². The molecule has 1 saturated heterocycles. The molecule has 0 unspecified atom stereocenters. The van der Waals surface area contributed by atoms with Crippen LogP contribution in [0.15, 0.2) is 12.5 Å². The Morgan fingerprint density at radius 1 is 1.38 bits per heavy atom. The van der Waals surface area contributed by atoms with E-state index < -0.39 is 18.4 Å². The molecule has 110 valence electrons. The molecule has 4 N–H and O–H groups in total. The van der Waals surface area contributed by atoms with Gasteiger partial charge in [-0.05, 0) is 6.42 Å². The number of rotatable bonds is 2. The zero-order valence-corrected chi connectivity index (χ0v) is 11.0. The summed E-state index contributed by atoms with van der Waals surface area (Å²) in [5.74, 6) is 0.163. The number of nitrogen functional groups attached to an aromatic ring is 1. The third kappa shape index (κ3) is 1.69. The van der Waals surface area contributed by atoms with Gasteiger partial charge in [0.05, 0.1) is 5.52 Å². The van der Waals surface area contributed by atoms with Gasteiger partial charge in [-0.2, -0.15) is 0 Å². The number of anilines is 1. The highest BCUT2D eigenvalue weighted by Gasteiger charge is 2.53. The fourth-order valence-electron chi connectivity index (χ4n) is 3.40. The molecule has 4 rings (SSSR count). The second-order valence-corrected chi connectivity index (χ2v) is 5.43. The number of hydrogen-bond donors (Lipinski definition) is 3. The topological polar surface area (TPSA) is 123 Å². The number of aliphatic hydroxyl groups is 1. The molecule has 8 nitrogen and oxygen atoms in total. The van der Waals surface area contributed by atoms with Crippen LogP contribution in [0.2, 0.25) is 0 Å². The molecule has 3 heterocycles. The molecule has 0 radical (unpaired) electrons. The van der Waals surface area contributed by atoms with E-state index in [2.05, 4.69) is 15.0 Å². The average molecular weight is 290 g/mol. The SMILES string of the molecule is Nc1ncnc2c([C@@H]3C[C@H](CO)[C@H]4OC(=O)O[C@H]43)c[nH]c12. The van der Waals surface area contributed by atoms with Crippen molar-refractivity contribution in [3.63, 3.8) is 0 Å². The van der Waals surface area contributed by atoms with Gasteiger partial charge >= 0.3 is 6.16 Å². The lowest BCUT2D eigenvalue weighted by Crippen LogP contribution is -2.26. The Hall–Kier alpha value is -2.35. The highest BCUT2D eigenvalue weighted by atomic mass is 16.8. The number of fused-ring (bicyclic) bond motifs is 2. The quantitative estimate of drug-likeness (QED) is 0.689. The molecule has 2 fully saturated rings. The van der Waals surface area contributed by atoms with Crippen molar-refractivity contribution in [3.05, 3.63) is 18.1 Å². The number of carbonyl (C=O) groups is 1. The van der Waals surface area contributed by atoms with E-state index in [0.717, 1.165) is 5.56 Å². The Morgan fingerprint density at radius 3 is 3.00 bits per heavy atom. The molecule has 1 aliphatic heterocycles. The first kappa shape index (κ1) is 12.4. The minimum Gasteiger partial charge on any atom is -0.427 e. The van der Waals surface area contributed by atoms with Gasteiger partial charge in [0.25, 0.3) is 0 Å². The van der Waals surface area contributed by atoms with E-state index in [0.29, 0.717) is 23.3 Å². The third-order valence-electron chi connectivity index (χ3n) is 4.36. The monoisotopic (exact) mass is 290 g/mol. The van der Waals surface area contributed by atoms with Crippen LogP contribution >= 0.6 is 0 Å². The molecule has 1 aliphatic carbocycles. The summed E-state index contributed by atoms with van der Waals surface area (Å²) < 4.78 is 10.4. The van der Waals surface area contributed by atoms with Gasteiger partial charge in [0.1, 0.15) is 24.1 Å². The van der Waals surface area contributed by atoms with Gasteiger partial charge in [0.2, 0.25) is 0 Å². The fourth-order valence-corrected chi connectivity index (χ4v) is 3.40. The third-order valence-corrected chi connectivity index (χ3v) is 4.36. The Morgan fingerprint density at radius 2 is 2.19 bits per heavy atom. The standard InChI is InChI=1S/C13H14N4O4/c14-12-9-8(16-4-17-12)7(2-15-9)6-1-5(3-18)10-11(6)21-13(19)20-10/h2,4-6,10-11,15,18H,1,3H2,(H2,14,16,17)/t5-,6+,10-,11+/m1/s1. The molecule has 1 saturated carbocycles. The van der Waals surface area contributed by atoms with Gasteiger partial charge in [-0.3, -0.25) is 0 Å². The maximum atomic E-state index is 11.4. The predicted molar refractivity (Wildman–Crippen MR) is 71.4 cm³/mol. The summed E-state index contributed by atoms with van der Waals surface area (Å²) in [6, 6.07) is 0. The summed E-state index contributed by atoms with van der Waals surface area (Å²) in [6.07, 6.45) is 2.39. The minimum absolute atomic E-state index is 0.0478. The first-order chi connectivity index (χ1) is 10.2. The van der Waals surface area contributed by atoms with E-state index in [9.17, 15) is 9.90 Å². The molecule has 8 heteroatoms. The van der Waals surface area contributed by atoms with Crippen molar-refractivity contribution in [2.45, 2.75) is 24.5 Å². The zero-order chi connectivity index (χ0) is 14.6. The highest BCUT2D eigenvalue weighted by molar-refractivity contribution is 5.87. The van der Waals surface area contributed by atoms with Crippen molar-refractivity contribution in [2.24, 2.45) is 5.92 Å². The van der Waals surface area contributed by atoms with Crippen LogP contribution in [-0.4, -0.2) is 45.0 Å². The van der Waals surface area contributed by atoms with E-state index in [4.69, 9.17) is 15.2 Å². The number of hydrogen-bond acceptors (Lipinski definition) is 7. The number of aromatic nitrogens is 3. The van der Waals surface area contributed by atoms with Crippen LogP contribution in [0.25, 0.3) is 11.0 Å². The van der Waals surface area contributed by atoms with Gasteiger partial charge < -0.3 is 25.3 Å². The summed E-state index contributed by atoms with van der Waals surface area (Å²) in [7, 11) is 0. The number of nitrogens with one attached hydrogen (secondary N) is 1. The van der Waals surface area contributed by atoms with Crippen LogP contribution in [0, 0.1) is 5.92 Å². The van der Waals surface area contributed by atoms with Crippen molar-refractivity contribution >= 4 is 23.0 Å². The number of ether oxygens (including phenoxy) is 2. The summed E-state index contributed by atoms with van der Waals surface area (Å²) in [6.45, 7) is -0.0478. The molecule has 4 atom stereocenters. The van der Waals surface area contributed by atoms with Crippen LogP contribution in [0.4, 0.5) is 10.6 Å². The minimum atomic E-state index is -0.679. The van der Waals surface area contributed by atoms with Crippen molar-refractivity contribution < 1.29 is 19.4 Å². The number of nitrogens with zero attached hydrogens (tertiary/aromatic N) is 2. The van der Waals surface area contributed by atoms with Crippen molar-refractivity contribution in [1.82, 2.24) is 15.0 Å². The van der Waals surface area contributed by atoms with E-state index >= 15 is 0 Å². The van der Waals surface area contributed by atoms with Gasteiger partial charge in [0.15, 0.2) is 5.82 Å². The molecule has 2 aromatic heterocycles. The van der Waals surface area contributed by atoms with Crippen molar-refractivity contribution in [3.8, 4) is 0 Å². The van der Waals surface area contributed by atoms with Crippen LogP contribution < -0.4 is 5.73 Å². The fraction of sp³-hybridized carbons (Fsp3) is 0.462. The van der Waals surface area contributed by atoms with E-state index in [1.54, 1.807) is 0 Å². The number of H-pyrrole nitrogens is 1. The summed E-state index contributed by atoms with van der Waals surface area (Å²) >= 11 is 0. The van der Waals surface area contributed by atoms with Crippen LogP contribution in [0.3, 0.4) is 0 Å². The smallest absolute Gasteiger partial charge is 0.427 e. The lowest BCUT2D eigenvalue weighted by Gasteiger charge is -2.14. The lowest BCUT2D eigenvalue weighted by molar-refractivity contribution is 0.0797. The predicted octanol–water partition coefficient (Wildman–Crippen LogP) is 0.540. The molecular formula is C13H14N4O4. The highest BCUT2D eigenvalue weighted by Crippen LogP contribution is 2.46. The first-order valence-corrected chi connectivity index (χ1v) is 6.74. The zero-order valence-electron chi connectivity index (χ0n) is 11.0. The Kier molecular flexibility index (Phi) is 2.55. The Balaban J connectivity index is 1.78. The number of carbonyl (C=O) groups excluding carboxylic acids is 1. The van der Waals surface area contributed by atoms with Crippen molar-refractivity contribution in [1.29, 1.82) is 0 Å². The molecule has 0 aromatic carbocycles. The van der Waals surface area contributed by atoms with Gasteiger partial charge in [-0.1, -0.05) is 0 Å². The second kappa shape index (κ2) is 4.32. The lowest BCUT2D eigenvalue weighted by atomic mass is 9.96. The normalized spacial score (nSPS) is 31.2. The van der Waals surface area contributed by atoms with Crippen molar-refractivity contribution in [2.75, 3.05) is 12.3 Å².